The third-order valence-corrected chi connectivity index (χ3v) is 4.35. The summed E-state index contributed by atoms with van der Waals surface area (Å²) >= 11 is 0. The Kier molecular flexibility index (Phi) is 6.70. The summed E-state index contributed by atoms with van der Waals surface area (Å²) in [6.45, 7) is -0.0407. The molecule has 8 nitrogen and oxygen atoms in total. The molecule has 29 heavy (non-hydrogen) atoms. The van der Waals surface area contributed by atoms with Gasteiger partial charge in [-0.3, -0.25) is 4.90 Å². The number of rotatable bonds is 6. The largest absolute Gasteiger partial charge is 0.510 e. The summed E-state index contributed by atoms with van der Waals surface area (Å²) in [6.07, 6.45) is -1.76. The molecule has 3 rings (SSSR count). The van der Waals surface area contributed by atoms with E-state index in [0.29, 0.717) is 0 Å². The topological polar surface area (TPSA) is 108 Å². The van der Waals surface area contributed by atoms with Crippen molar-refractivity contribution in [2.75, 3.05) is 6.54 Å². The Morgan fingerprint density at radius 2 is 1.48 bits per heavy atom. The smallest absolute Gasteiger partial charge is 0.413 e. The number of nitrogens with zero attached hydrogens (tertiary/aromatic N) is 1. The number of hydrogen-bond acceptors (Lipinski definition) is 6. The minimum Gasteiger partial charge on any atom is -0.510 e. The van der Waals surface area contributed by atoms with Crippen LogP contribution in [0.3, 0.4) is 0 Å². The second-order valence-electron chi connectivity index (χ2n) is 6.41. The van der Waals surface area contributed by atoms with Crippen LogP contribution in [-0.4, -0.2) is 46.1 Å². The van der Waals surface area contributed by atoms with Crippen molar-refractivity contribution in [1.82, 2.24) is 10.2 Å². The van der Waals surface area contributed by atoms with Crippen molar-refractivity contribution in [3.63, 3.8) is 0 Å². The average molecular weight is 398 g/mol. The quantitative estimate of drug-likeness (QED) is 0.690. The Balaban J connectivity index is 1.51. The van der Waals surface area contributed by atoms with Gasteiger partial charge in [-0.2, -0.15) is 0 Å². The van der Waals surface area contributed by atoms with Crippen LogP contribution in [0.5, 0.6) is 0 Å². The highest BCUT2D eigenvalue weighted by Crippen LogP contribution is 2.22. The summed E-state index contributed by atoms with van der Waals surface area (Å²) in [6, 6.07) is 17.3. The lowest BCUT2D eigenvalue weighted by Crippen LogP contribution is -2.48. The lowest BCUT2D eigenvalue weighted by molar-refractivity contribution is 0.0153. The Morgan fingerprint density at radius 1 is 0.931 bits per heavy atom. The fourth-order valence-corrected chi connectivity index (χ4v) is 2.86. The maximum atomic E-state index is 12.4. The van der Waals surface area contributed by atoms with Crippen molar-refractivity contribution in [3.05, 3.63) is 83.6 Å². The number of carbonyl (C=O) groups excluding carboxylic acids is 2. The van der Waals surface area contributed by atoms with E-state index in [1.54, 1.807) is 12.1 Å². The maximum absolute atomic E-state index is 12.4. The summed E-state index contributed by atoms with van der Waals surface area (Å²) in [5.41, 5.74) is 1.61. The highest BCUT2D eigenvalue weighted by Gasteiger charge is 2.38. The molecular weight excluding hydrogens is 376 g/mol. The van der Waals surface area contributed by atoms with Crippen LogP contribution in [0.15, 0.2) is 72.5 Å². The SMILES string of the molecule is O=C(NC[C@H]1C(O)=CC(O)N1C(=O)OCc1ccccc1)OCc1ccccc1. The van der Waals surface area contributed by atoms with E-state index in [2.05, 4.69) is 5.32 Å². The van der Waals surface area contributed by atoms with Crippen LogP contribution in [0.4, 0.5) is 9.59 Å². The van der Waals surface area contributed by atoms with E-state index >= 15 is 0 Å². The lowest BCUT2D eigenvalue weighted by Gasteiger charge is -2.27. The van der Waals surface area contributed by atoms with E-state index in [-0.39, 0.29) is 25.5 Å². The van der Waals surface area contributed by atoms with Crippen molar-refractivity contribution < 1.29 is 29.3 Å². The van der Waals surface area contributed by atoms with Gasteiger partial charge in [0.15, 0.2) is 6.23 Å². The summed E-state index contributed by atoms with van der Waals surface area (Å²) in [5, 5.41) is 22.6. The van der Waals surface area contributed by atoms with Gasteiger partial charge in [0.05, 0.1) is 0 Å². The minimum absolute atomic E-state index is 0.0168. The molecule has 0 saturated heterocycles. The van der Waals surface area contributed by atoms with E-state index in [1.807, 2.05) is 48.5 Å². The highest BCUT2D eigenvalue weighted by molar-refractivity contribution is 5.71. The van der Waals surface area contributed by atoms with Gasteiger partial charge in [-0.25, -0.2) is 9.59 Å². The molecular formula is C21H22N2O6. The second-order valence-corrected chi connectivity index (χ2v) is 6.41. The van der Waals surface area contributed by atoms with Gasteiger partial charge in [-0.15, -0.1) is 0 Å². The van der Waals surface area contributed by atoms with Gasteiger partial charge in [0.25, 0.3) is 0 Å². The molecule has 1 unspecified atom stereocenters. The number of benzene rings is 2. The number of hydrogen-bond donors (Lipinski definition) is 3. The number of amides is 2. The first-order valence-electron chi connectivity index (χ1n) is 9.07. The van der Waals surface area contributed by atoms with E-state index in [4.69, 9.17) is 9.47 Å². The standard InChI is InChI=1S/C21H22N2O6/c24-18-11-19(25)23(21(27)29-14-16-9-5-2-6-10-16)17(18)12-22-20(26)28-13-15-7-3-1-4-8-15/h1-11,17,19,24-25H,12-14H2,(H,22,26)/t17-,19?/m0/s1. The predicted octanol–water partition coefficient (Wildman–Crippen LogP) is 2.69. The summed E-state index contributed by atoms with van der Waals surface area (Å²) in [5.74, 6) is -0.238. The first-order chi connectivity index (χ1) is 14.0. The van der Waals surface area contributed by atoms with Gasteiger partial charge >= 0.3 is 12.2 Å². The van der Waals surface area contributed by atoms with Crippen molar-refractivity contribution in [3.8, 4) is 0 Å². The normalized spacial score (nSPS) is 18.1. The highest BCUT2D eigenvalue weighted by atomic mass is 16.6. The molecule has 1 aliphatic heterocycles. The third kappa shape index (κ3) is 5.49. The fourth-order valence-electron chi connectivity index (χ4n) is 2.86. The number of ether oxygens (including phenoxy) is 2. The van der Waals surface area contributed by atoms with Crippen LogP contribution < -0.4 is 5.32 Å². The Bertz CT molecular complexity index is 856. The molecule has 152 valence electrons. The van der Waals surface area contributed by atoms with E-state index in [9.17, 15) is 19.8 Å². The van der Waals surface area contributed by atoms with Crippen molar-refractivity contribution >= 4 is 12.2 Å². The first kappa shape index (κ1) is 20.2. The summed E-state index contributed by atoms with van der Waals surface area (Å²) in [7, 11) is 0. The Labute approximate surface area is 168 Å². The number of alkyl carbamates (subject to hydrolysis) is 1. The predicted molar refractivity (Wildman–Crippen MR) is 104 cm³/mol. The van der Waals surface area contributed by atoms with E-state index in [0.717, 1.165) is 22.1 Å². The lowest BCUT2D eigenvalue weighted by atomic mass is 10.2. The average Bonchev–Trinajstić information content (AvgIpc) is 3.03. The minimum atomic E-state index is -1.36. The van der Waals surface area contributed by atoms with Gasteiger partial charge < -0.3 is 25.0 Å². The fraction of sp³-hybridized carbons (Fsp3) is 0.238. The van der Waals surface area contributed by atoms with E-state index in [1.165, 1.54) is 0 Å². The molecule has 2 aromatic rings. The van der Waals surface area contributed by atoms with Gasteiger partial charge in [-0.05, 0) is 11.1 Å². The van der Waals surface area contributed by atoms with Crippen LogP contribution in [0.25, 0.3) is 0 Å². The molecule has 1 heterocycles. The molecule has 8 heteroatoms. The number of aliphatic hydroxyl groups excluding tert-OH is 2. The molecule has 2 atom stereocenters. The number of aliphatic hydroxyl groups is 2. The Morgan fingerprint density at radius 3 is 2.07 bits per heavy atom. The van der Waals surface area contributed by atoms with Crippen LogP contribution in [0, 0.1) is 0 Å². The molecule has 0 radical (unpaired) electrons. The van der Waals surface area contributed by atoms with Crippen LogP contribution in [0.2, 0.25) is 0 Å². The van der Waals surface area contributed by atoms with Crippen LogP contribution in [-0.2, 0) is 22.7 Å². The van der Waals surface area contributed by atoms with Gasteiger partial charge in [-0.1, -0.05) is 60.7 Å². The Hall–Kier alpha value is -3.52. The zero-order valence-electron chi connectivity index (χ0n) is 15.6. The van der Waals surface area contributed by atoms with Gasteiger partial charge in [0, 0.05) is 12.6 Å². The molecule has 0 fully saturated rings. The molecule has 3 N–H and O–H groups in total. The summed E-state index contributed by atoms with van der Waals surface area (Å²) < 4.78 is 10.3. The van der Waals surface area contributed by atoms with Crippen LogP contribution in [0.1, 0.15) is 11.1 Å². The van der Waals surface area contributed by atoms with Crippen molar-refractivity contribution in [1.29, 1.82) is 0 Å². The molecule has 0 spiro atoms. The van der Waals surface area contributed by atoms with Gasteiger partial charge in [0.1, 0.15) is 25.0 Å². The zero-order chi connectivity index (χ0) is 20.6. The monoisotopic (exact) mass is 398 g/mol. The molecule has 0 bridgehead atoms. The number of nitrogens with one attached hydrogen (secondary N) is 1. The molecule has 1 aliphatic rings. The molecule has 0 saturated carbocycles. The van der Waals surface area contributed by atoms with Gasteiger partial charge in [0.2, 0.25) is 0 Å². The maximum Gasteiger partial charge on any atom is 0.413 e. The zero-order valence-corrected chi connectivity index (χ0v) is 15.6. The van der Waals surface area contributed by atoms with E-state index < -0.39 is 24.5 Å². The molecule has 2 aromatic carbocycles. The third-order valence-electron chi connectivity index (χ3n) is 4.35. The molecule has 0 aromatic heterocycles. The molecule has 2 amide bonds. The first-order valence-corrected chi connectivity index (χ1v) is 9.07. The van der Waals surface area contributed by atoms with Crippen molar-refractivity contribution in [2.24, 2.45) is 0 Å². The number of carbonyl (C=O) groups is 2. The van der Waals surface area contributed by atoms with Crippen molar-refractivity contribution in [2.45, 2.75) is 25.5 Å². The second kappa shape index (κ2) is 9.61. The summed E-state index contributed by atoms with van der Waals surface area (Å²) in [4.78, 5) is 25.3. The molecule has 0 aliphatic carbocycles. The van der Waals surface area contributed by atoms with Crippen LogP contribution >= 0.6 is 0 Å².